The number of para-hydroxylation sites is 1. The average Bonchev–Trinajstić information content (AvgIpc) is 2.85. The van der Waals surface area contributed by atoms with Crippen LogP contribution in [0.25, 0.3) is 5.69 Å². The second-order valence-corrected chi connectivity index (χ2v) is 4.33. The van der Waals surface area contributed by atoms with Crippen LogP contribution in [-0.2, 0) is 11.3 Å². The highest BCUT2D eigenvalue weighted by Gasteiger charge is 2.10. The van der Waals surface area contributed by atoms with Crippen LogP contribution in [0.15, 0.2) is 36.7 Å². The van der Waals surface area contributed by atoms with Crippen LogP contribution in [0.1, 0.15) is 19.7 Å². The molecule has 0 fully saturated rings. The number of benzene rings is 1. The van der Waals surface area contributed by atoms with Gasteiger partial charge in [-0.1, -0.05) is 32.0 Å². The molecule has 0 unspecified atom stereocenters. The Bertz CT molecular complexity index is 519. The van der Waals surface area contributed by atoms with Gasteiger partial charge in [-0.15, -0.1) is 10.2 Å². The van der Waals surface area contributed by atoms with Gasteiger partial charge in [-0.3, -0.25) is 9.36 Å². The van der Waals surface area contributed by atoms with Crippen LogP contribution in [0.3, 0.4) is 0 Å². The molecular formula is C13H16N4O. The van der Waals surface area contributed by atoms with Crippen LogP contribution in [0.5, 0.6) is 0 Å². The molecule has 0 aliphatic rings. The van der Waals surface area contributed by atoms with E-state index < -0.39 is 0 Å². The molecule has 94 valence electrons. The van der Waals surface area contributed by atoms with Gasteiger partial charge in [0.1, 0.15) is 6.33 Å². The topological polar surface area (TPSA) is 59.8 Å². The standard InChI is InChI=1S/C13H16N4O/c1-10(2)13(18)14-8-12-16-15-9-17(12)11-6-4-3-5-7-11/h3-7,9-10H,8H2,1-2H3,(H,14,18). The Hall–Kier alpha value is -2.17. The molecule has 1 heterocycles. The summed E-state index contributed by atoms with van der Waals surface area (Å²) in [5.41, 5.74) is 0.983. The highest BCUT2D eigenvalue weighted by molar-refractivity contribution is 5.77. The highest BCUT2D eigenvalue weighted by atomic mass is 16.1. The molecule has 1 aromatic heterocycles. The van der Waals surface area contributed by atoms with Crippen molar-refractivity contribution < 1.29 is 4.79 Å². The third kappa shape index (κ3) is 2.74. The maximum absolute atomic E-state index is 11.5. The molecule has 2 rings (SSSR count). The number of rotatable bonds is 4. The van der Waals surface area contributed by atoms with Crippen LogP contribution < -0.4 is 5.32 Å². The highest BCUT2D eigenvalue weighted by Crippen LogP contribution is 2.08. The van der Waals surface area contributed by atoms with Crippen molar-refractivity contribution in [2.24, 2.45) is 5.92 Å². The molecule has 0 saturated heterocycles. The molecule has 18 heavy (non-hydrogen) atoms. The van der Waals surface area contributed by atoms with Crippen molar-refractivity contribution in [2.75, 3.05) is 0 Å². The number of hydrogen-bond donors (Lipinski definition) is 1. The minimum atomic E-state index is -0.0295. The number of nitrogens with zero attached hydrogens (tertiary/aromatic N) is 3. The summed E-state index contributed by atoms with van der Waals surface area (Å²) >= 11 is 0. The van der Waals surface area contributed by atoms with Crippen molar-refractivity contribution in [3.8, 4) is 5.69 Å². The van der Waals surface area contributed by atoms with E-state index in [9.17, 15) is 4.79 Å². The van der Waals surface area contributed by atoms with Gasteiger partial charge in [-0.05, 0) is 12.1 Å². The smallest absolute Gasteiger partial charge is 0.222 e. The first kappa shape index (κ1) is 12.3. The first-order valence-electron chi connectivity index (χ1n) is 5.90. The van der Waals surface area contributed by atoms with Crippen molar-refractivity contribution in [1.82, 2.24) is 20.1 Å². The summed E-state index contributed by atoms with van der Waals surface area (Å²) in [6.45, 7) is 4.10. The zero-order valence-corrected chi connectivity index (χ0v) is 10.5. The van der Waals surface area contributed by atoms with Crippen LogP contribution in [0.2, 0.25) is 0 Å². The Balaban J connectivity index is 2.12. The summed E-state index contributed by atoms with van der Waals surface area (Å²) in [5, 5.41) is 10.7. The van der Waals surface area contributed by atoms with E-state index >= 15 is 0 Å². The lowest BCUT2D eigenvalue weighted by Crippen LogP contribution is -2.28. The monoisotopic (exact) mass is 244 g/mol. The molecule has 5 heteroatoms. The molecule has 1 N–H and O–H groups in total. The van der Waals surface area contributed by atoms with Crippen molar-refractivity contribution in [3.63, 3.8) is 0 Å². The van der Waals surface area contributed by atoms with E-state index in [-0.39, 0.29) is 11.8 Å². The van der Waals surface area contributed by atoms with Crippen molar-refractivity contribution in [2.45, 2.75) is 20.4 Å². The van der Waals surface area contributed by atoms with E-state index in [1.807, 2.05) is 48.7 Å². The van der Waals surface area contributed by atoms with Crippen molar-refractivity contribution in [3.05, 3.63) is 42.5 Å². The van der Waals surface area contributed by atoms with Gasteiger partial charge in [-0.25, -0.2) is 0 Å². The molecule has 5 nitrogen and oxygen atoms in total. The molecule has 0 aliphatic carbocycles. The van der Waals surface area contributed by atoms with Crippen LogP contribution in [-0.4, -0.2) is 20.7 Å². The second kappa shape index (κ2) is 5.44. The number of carbonyl (C=O) groups excluding carboxylic acids is 1. The zero-order chi connectivity index (χ0) is 13.0. The number of nitrogens with one attached hydrogen (secondary N) is 1. The summed E-state index contributed by atoms with van der Waals surface area (Å²) in [5.74, 6) is 0.700. The molecule has 0 atom stereocenters. The predicted molar refractivity (Wildman–Crippen MR) is 68.0 cm³/mol. The molecule has 0 aliphatic heterocycles. The fourth-order valence-corrected chi connectivity index (χ4v) is 1.55. The van der Waals surface area contributed by atoms with E-state index in [0.29, 0.717) is 6.54 Å². The lowest BCUT2D eigenvalue weighted by Gasteiger charge is -2.09. The zero-order valence-electron chi connectivity index (χ0n) is 10.5. The van der Waals surface area contributed by atoms with E-state index in [1.165, 1.54) is 0 Å². The number of aromatic nitrogens is 3. The SMILES string of the molecule is CC(C)C(=O)NCc1nncn1-c1ccccc1. The third-order valence-corrected chi connectivity index (χ3v) is 2.60. The minimum Gasteiger partial charge on any atom is -0.349 e. The quantitative estimate of drug-likeness (QED) is 0.887. The summed E-state index contributed by atoms with van der Waals surface area (Å²) in [6.07, 6.45) is 1.65. The third-order valence-electron chi connectivity index (χ3n) is 2.60. The van der Waals surface area contributed by atoms with Gasteiger partial charge in [0.2, 0.25) is 5.91 Å². The normalized spacial score (nSPS) is 10.6. The Labute approximate surface area is 106 Å². The van der Waals surface area contributed by atoms with Gasteiger partial charge in [0.25, 0.3) is 0 Å². The summed E-state index contributed by atoms with van der Waals surface area (Å²) in [4.78, 5) is 11.5. The summed E-state index contributed by atoms with van der Waals surface area (Å²) in [7, 11) is 0. The summed E-state index contributed by atoms with van der Waals surface area (Å²) < 4.78 is 1.86. The minimum absolute atomic E-state index is 0.0117. The van der Waals surface area contributed by atoms with Gasteiger partial charge in [0.05, 0.1) is 6.54 Å². The van der Waals surface area contributed by atoms with Crippen LogP contribution >= 0.6 is 0 Å². The van der Waals surface area contributed by atoms with E-state index in [0.717, 1.165) is 11.5 Å². The second-order valence-electron chi connectivity index (χ2n) is 4.33. The maximum Gasteiger partial charge on any atom is 0.222 e. The maximum atomic E-state index is 11.5. The predicted octanol–water partition coefficient (Wildman–Crippen LogP) is 1.54. The number of carbonyl (C=O) groups is 1. The number of hydrogen-bond acceptors (Lipinski definition) is 3. The van der Waals surface area contributed by atoms with Crippen molar-refractivity contribution in [1.29, 1.82) is 0 Å². The molecule has 1 amide bonds. The molecule has 0 bridgehead atoms. The summed E-state index contributed by atoms with van der Waals surface area (Å²) in [6, 6.07) is 9.79. The molecule has 1 aromatic carbocycles. The van der Waals surface area contributed by atoms with Crippen molar-refractivity contribution >= 4 is 5.91 Å². The van der Waals surface area contributed by atoms with E-state index in [4.69, 9.17) is 0 Å². The molecule has 0 saturated carbocycles. The van der Waals surface area contributed by atoms with E-state index in [2.05, 4.69) is 15.5 Å². The molecule has 2 aromatic rings. The van der Waals surface area contributed by atoms with Crippen LogP contribution in [0, 0.1) is 5.92 Å². The van der Waals surface area contributed by atoms with Gasteiger partial charge >= 0.3 is 0 Å². The van der Waals surface area contributed by atoms with Gasteiger partial charge in [-0.2, -0.15) is 0 Å². The Kier molecular flexibility index (Phi) is 3.72. The van der Waals surface area contributed by atoms with E-state index in [1.54, 1.807) is 6.33 Å². The van der Waals surface area contributed by atoms with Gasteiger partial charge in [0.15, 0.2) is 5.82 Å². The largest absolute Gasteiger partial charge is 0.349 e. The van der Waals surface area contributed by atoms with Gasteiger partial charge < -0.3 is 5.32 Å². The first-order chi connectivity index (χ1) is 8.68. The fourth-order valence-electron chi connectivity index (χ4n) is 1.55. The van der Waals surface area contributed by atoms with Gasteiger partial charge in [0, 0.05) is 11.6 Å². The lowest BCUT2D eigenvalue weighted by atomic mass is 10.2. The molecular weight excluding hydrogens is 228 g/mol. The Morgan fingerprint density at radius 1 is 1.33 bits per heavy atom. The molecule has 0 spiro atoms. The molecule has 0 radical (unpaired) electrons. The average molecular weight is 244 g/mol. The lowest BCUT2D eigenvalue weighted by molar-refractivity contribution is -0.124. The fraction of sp³-hybridized carbons (Fsp3) is 0.308. The Morgan fingerprint density at radius 3 is 2.72 bits per heavy atom. The number of amides is 1. The Morgan fingerprint density at radius 2 is 2.06 bits per heavy atom. The first-order valence-corrected chi connectivity index (χ1v) is 5.90. The van der Waals surface area contributed by atoms with Crippen LogP contribution in [0.4, 0.5) is 0 Å².